The van der Waals surface area contributed by atoms with Gasteiger partial charge in [-0.2, -0.15) is 11.8 Å². The Balaban J connectivity index is 1.46. The van der Waals surface area contributed by atoms with Gasteiger partial charge in [0.05, 0.1) is 4.90 Å². The van der Waals surface area contributed by atoms with Crippen molar-refractivity contribution in [1.82, 2.24) is 5.32 Å². The zero-order chi connectivity index (χ0) is 23.1. The summed E-state index contributed by atoms with van der Waals surface area (Å²) in [6.07, 6.45) is 0. The van der Waals surface area contributed by atoms with E-state index in [-0.39, 0.29) is 10.8 Å². The van der Waals surface area contributed by atoms with Crippen LogP contribution in [-0.4, -0.2) is 26.6 Å². The molecule has 3 aromatic rings. The van der Waals surface area contributed by atoms with Gasteiger partial charge in [0.25, 0.3) is 15.9 Å². The molecule has 0 aliphatic rings. The molecule has 0 fully saturated rings. The summed E-state index contributed by atoms with van der Waals surface area (Å²) in [6.45, 7) is 2.39. The zero-order valence-corrected chi connectivity index (χ0v) is 20.4. The highest BCUT2D eigenvalue weighted by Gasteiger charge is 2.14. The number of halogens is 2. The van der Waals surface area contributed by atoms with Crippen LogP contribution < -0.4 is 10.0 Å². The summed E-state index contributed by atoms with van der Waals surface area (Å²) in [5, 5.41) is 4.09. The summed E-state index contributed by atoms with van der Waals surface area (Å²) in [5.41, 5.74) is 2.81. The minimum Gasteiger partial charge on any atom is -0.351 e. The van der Waals surface area contributed by atoms with E-state index in [4.69, 9.17) is 23.2 Å². The van der Waals surface area contributed by atoms with E-state index in [0.717, 1.165) is 22.6 Å². The number of carbonyl (C=O) groups is 1. The minimum atomic E-state index is -3.68. The van der Waals surface area contributed by atoms with Gasteiger partial charge in [0.2, 0.25) is 0 Å². The van der Waals surface area contributed by atoms with Crippen LogP contribution in [0.5, 0.6) is 0 Å². The summed E-state index contributed by atoms with van der Waals surface area (Å²) in [5.74, 6) is 1.23. The maximum Gasteiger partial charge on any atom is 0.261 e. The molecule has 3 rings (SSSR count). The lowest BCUT2D eigenvalue weighted by Gasteiger charge is -2.10. The van der Waals surface area contributed by atoms with Gasteiger partial charge in [-0.3, -0.25) is 9.52 Å². The highest BCUT2D eigenvalue weighted by Crippen LogP contribution is 2.24. The van der Waals surface area contributed by atoms with Gasteiger partial charge in [-0.05, 0) is 61.0 Å². The lowest BCUT2D eigenvalue weighted by atomic mass is 10.2. The number of thioether (sulfide) groups is 1. The van der Waals surface area contributed by atoms with Crippen molar-refractivity contribution in [2.45, 2.75) is 17.6 Å². The Bertz CT molecular complexity index is 1180. The van der Waals surface area contributed by atoms with Crippen molar-refractivity contribution in [3.8, 4) is 0 Å². The Morgan fingerprint density at radius 1 is 0.969 bits per heavy atom. The normalized spacial score (nSPS) is 11.2. The van der Waals surface area contributed by atoms with Crippen molar-refractivity contribution in [2.75, 3.05) is 17.0 Å². The van der Waals surface area contributed by atoms with Gasteiger partial charge in [0.1, 0.15) is 0 Å². The van der Waals surface area contributed by atoms with Gasteiger partial charge in [0.15, 0.2) is 0 Å². The van der Waals surface area contributed by atoms with Crippen LogP contribution in [0.3, 0.4) is 0 Å². The van der Waals surface area contributed by atoms with E-state index >= 15 is 0 Å². The van der Waals surface area contributed by atoms with Crippen LogP contribution in [-0.2, 0) is 15.8 Å². The summed E-state index contributed by atoms with van der Waals surface area (Å²) in [6, 6.07) is 18.3. The van der Waals surface area contributed by atoms with E-state index in [1.54, 1.807) is 72.4 Å². The monoisotopic (exact) mass is 508 g/mol. The number of anilines is 1. The average molecular weight is 509 g/mol. The molecule has 0 radical (unpaired) electrons. The van der Waals surface area contributed by atoms with Crippen molar-refractivity contribution in [3.63, 3.8) is 0 Å². The number of rotatable bonds is 9. The van der Waals surface area contributed by atoms with Gasteiger partial charge >= 0.3 is 0 Å². The summed E-state index contributed by atoms with van der Waals surface area (Å²) in [7, 11) is -3.68. The van der Waals surface area contributed by atoms with Crippen LogP contribution in [0.1, 0.15) is 21.5 Å². The van der Waals surface area contributed by atoms with Gasteiger partial charge < -0.3 is 5.32 Å². The molecule has 0 unspecified atom stereocenters. The molecule has 5 nitrogen and oxygen atoms in total. The number of benzene rings is 3. The molecular weight excluding hydrogens is 487 g/mol. The first-order valence-electron chi connectivity index (χ1n) is 9.74. The number of hydrogen-bond donors (Lipinski definition) is 2. The molecule has 0 aliphatic carbocycles. The third-order valence-corrected chi connectivity index (χ3v) is 7.53. The van der Waals surface area contributed by atoms with Crippen molar-refractivity contribution in [1.29, 1.82) is 0 Å². The third-order valence-electron chi connectivity index (χ3n) is 4.54. The number of aryl methyl sites for hydroxylation is 1. The van der Waals surface area contributed by atoms with E-state index in [2.05, 4.69) is 10.0 Å². The lowest BCUT2D eigenvalue weighted by molar-refractivity contribution is 0.0956. The predicted molar refractivity (Wildman–Crippen MR) is 133 cm³/mol. The molecule has 0 bridgehead atoms. The van der Waals surface area contributed by atoms with Gasteiger partial charge in [-0.1, -0.05) is 47.0 Å². The average Bonchev–Trinajstić information content (AvgIpc) is 2.75. The van der Waals surface area contributed by atoms with E-state index in [9.17, 15) is 13.2 Å². The van der Waals surface area contributed by atoms with Crippen molar-refractivity contribution in [2.24, 2.45) is 0 Å². The largest absolute Gasteiger partial charge is 0.351 e. The first-order valence-corrected chi connectivity index (χ1v) is 13.1. The van der Waals surface area contributed by atoms with E-state index < -0.39 is 10.0 Å². The standard InChI is InChI=1S/C23H22Cl2N2O3S2/c1-16-2-10-21(11-3-16)32(29,30)27-20-8-5-17(6-9-20)23(28)26-12-13-31-15-18-4-7-19(24)14-22(18)25/h2-11,14,27H,12-13,15H2,1H3,(H,26,28). The van der Waals surface area contributed by atoms with Gasteiger partial charge in [0, 0.05) is 39.3 Å². The SMILES string of the molecule is Cc1ccc(S(=O)(=O)Nc2ccc(C(=O)NCCSCc3ccc(Cl)cc3Cl)cc2)cc1. The second-order valence-corrected chi connectivity index (χ2v) is 10.7. The van der Waals surface area contributed by atoms with Crippen LogP contribution in [0.15, 0.2) is 71.6 Å². The van der Waals surface area contributed by atoms with E-state index in [1.165, 1.54) is 0 Å². The molecule has 0 saturated heterocycles. The first kappa shape index (κ1) is 24.5. The van der Waals surface area contributed by atoms with E-state index in [0.29, 0.717) is 27.8 Å². The van der Waals surface area contributed by atoms with Crippen LogP contribution in [0.4, 0.5) is 5.69 Å². The lowest BCUT2D eigenvalue weighted by Crippen LogP contribution is -2.25. The molecule has 0 aromatic heterocycles. The Labute approximate surface area is 202 Å². The number of hydrogen-bond acceptors (Lipinski definition) is 4. The summed E-state index contributed by atoms with van der Waals surface area (Å²) >= 11 is 13.7. The molecular formula is C23H22Cl2N2O3S2. The molecule has 168 valence electrons. The Morgan fingerprint density at radius 3 is 2.31 bits per heavy atom. The quantitative estimate of drug-likeness (QED) is 0.360. The smallest absolute Gasteiger partial charge is 0.261 e. The highest BCUT2D eigenvalue weighted by atomic mass is 35.5. The third kappa shape index (κ3) is 6.90. The summed E-state index contributed by atoms with van der Waals surface area (Å²) < 4.78 is 27.5. The van der Waals surface area contributed by atoms with Crippen LogP contribution in [0.2, 0.25) is 10.0 Å². The fourth-order valence-corrected chi connectivity index (χ4v) is 5.26. The molecule has 0 aliphatic heterocycles. The van der Waals surface area contributed by atoms with Crippen molar-refractivity contribution < 1.29 is 13.2 Å². The van der Waals surface area contributed by atoms with Crippen LogP contribution in [0, 0.1) is 6.92 Å². The molecule has 2 N–H and O–H groups in total. The second-order valence-electron chi connectivity index (χ2n) is 7.04. The Kier molecular flexibility index (Phi) is 8.48. The number of sulfonamides is 1. The number of amides is 1. The minimum absolute atomic E-state index is 0.183. The fraction of sp³-hybridized carbons (Fsp3) is 0.174. The Morgan fingerprint density at radius 2 is 1.66 bits per heavy atom. The van der Waals surface area contributed by atoms with Gasteiger partial charge in [-0.15, -0.1) is 0 Å². The highest BCUT2D eigenvalue weighted by molar-refractivity contribution is 7.98. The molecule has 9 heteroatoms. The molecule has 0 saturated carbocycles. The van der Waals surface area contributed by atoms with Crippen molar-refractivity contribution >= 4 is 56.6 Å². The molecule has 0 atom stereocenters. The molecule has 3 aromatic carbocycles. The fourth-order valence-electron chi connectivity index (χ4n) is 2.78. The number of carbonyl (C=O) groups excluding carboxylic acids is 1. The molecule has 32 heavy (non-hydrogen) atoms. The maximum absolute atomic E-state index is 12.5. The topological polar surface area (TPSA) is 75.3 Å². The second kappa shape index (κ2) is 11.1. The number of nitrogens with one attached hydrogen (secondary N) is 2. The van der Waals surface area contributed by atoms with Crippen molar-refractivity contribution in [3.05, 3.63) is 93.5 Å². The molecule has 1 amide bonds. The summed E-state index contributed by atoms with van der Waals surface area (Å²) in [4.78, 5) is 12.5. The van der Waals surface area contributed by atoms with Gasteiger partial charge in [-0.25, -0.2) is 8.42 Å². The Hall–Kier alpha value is -2.19. The predicted octanol–water partition coefficient (Wildman–Crippen LogP) is 5.77. The first-order chi connectivity index (χ1) is 15.2. The zero-order valence-electron chi connectivity index (χ0n) is 17.3. The molecule has 0 heterocycles. The van der Waals surface area contributed by atoms with E-state index in [1.807, 2.05) is 13.0 Å². The molecule has 0 spiro atoms. The van der Waals surface area contributed by atoms with Crippen LogP contribution >= 0.6 is 35.0 Å². The van der Waals surface area contributed by atoms with Crippen LogP contribution in [0.25, 0.3) is 0 Å². The maximum atomic E-state index is 12.5.